The Balaban J connectivity index is 2.07. The minimum atomic E-state index is -0.266. The first-order chi connectivity index (χ1) is 8.65. The van der Waals surface area contributed by atoms with Gasteiger partial charge in [0.25, 0.3) is 0 Å². The van der Waals surface area contributed by atoms with Crippen molar-refractivity contribution in [1.82, 2.24) is 0 Å². The van der Waals surface area contributed by atoms with E-state index in [4.69, 9.17) is 23.2 Å². The van der Waals surface area contributed by atoms with Gasteiger partial charge in [0.15, 0.2) is 0 Å². The summed E-state index contributed by atoms with van der Waals surface area (Å²) in [5.41, 5.74) is 0. The summed E-state index contributed by atoms with van der Waals surface area (Å²) >= 11 is 15.5. The summed E-state index contributed by atoms with van der Waals surface area (Å²) in [6, 6.07) is 8.59. The molecule has 0 saturated carbocycles. The van der Waals surface area contributed by atoms with Crippen molar-refractivity contribution in [2.24, 2.45) is 0 Å². The van der Waals surface area contributed by atoms with Crippen LogP contribution in [-0.2, 0) is 0 Å². The van der Waals surface area contributed by atoms with E-state index < -0.39 is 0 Å². The smallest absolute Gasteiger partial charge is 0.124 e. The fourth-order valence-electron chi connectivity index (χ4n) is 1.77. The Kier molecular flexibility index (Phi) is 3.32. The van der Waals surface area contributed by atoms with Gasteiger partial charge in [-0.1, -0.05) is 17.7 Å². The molecule has 0 bridgehead atoms. The molecule has 3 aromatic rings. The molecule has 1 unspecified atom stereocenters. The van der Waals surface area contributed by atoms with E-state index in [2.05, 4.69) is 0 Å². The van der Waals surface area contributed by atoms with Crippen LogP contribution in [0.5, 0.6) is 0 Å². The number of thiophene rings is 2. The molecule has 5 heteroatoms. The molecule has 0 saturated heterocycles. The van der Waals surface area contributed by atoms with E-state index in [1.165, 1.54) is 34.8 Å². The Morgan fingerprint density at radius 3 is 2.72 bits per heavy atom. The molecule has 0 aliphatic carbocycles. The standard InChI is InChI=1S/C13H7Cl2FS2/c14-9-3-4-17-13(9)12(15)11-5-7-1-2-8(16)6-10(7)18-11/h1-6,12H. The highest BCUT2D eigenvalue weighted by molar-refractivity contribution is 7.19. The first kappa shape index (κ1) is 12.4. The molecule has 0 nitrogen and oxygen atoms in total. The minimum Gasteiger partial charge on any atom is -0.207 e. The van der Waals surface area contributed by atoms with Crippen LogP contribution < -0.4 is 0 Å². The number of fused-ring (bicyclic) bond motifs is 1. The molecule has 0 radical (unpaired) electrons. The van der Waals surface area contributed by atoms with Crippen molar-refractivity contribution < 1.29 is 4.39 Å². The Morgan fingerprint density at radius 1 is 1.17 bits per heavy atom. The SMILES string of the molecule is Fc1ccc2cc(C(Cl)c3sccc3Cl)sc2c1. The predicted molar refractivity (Wildman–Crippen MR) is 78.8 cm³/mol. The molecule has 92 valence electrons. The second kappa shape index (κ2) is 4.82. The number of hydrogen-bond acceptors (Lipinski definition) is 2. The van der Waals surface area contributed by atoms with Crippen LogP contribution in [0.1, 0.15) is 15.1 Å². The monoisotopic (exact) mass is 316 g/mol. The normalized spacial score (nSPS) is 13.1. The molecule has 2 heterocycles. The highest BCUT2D eigenvalue weighted by atomic mass is 35.5. The van der Waals surface area contributed by atoms with Crippen molar-refractivity contribution in [3.05, 3.63) is 56.3 Å². The summed E-state index contributed by atoms with van der Waals surface area (Å²) < 4.78 is 14.0. The van der Waals surface area contributed by atoms with Gasteiger partial charge in [-0.2, -0.15) is 0 Å². The Labute approximate surface area is 122 Å². The molecule has 0 spiro atoms. The van der Waals surface area contributed by atoms with Crippen LogP contribution in [0.25, 0.3) is 10.1 Å². The molecular weight excluding hydrogens is 310 g/mol. The molecule has 1 atom stereocenters. The van der Waals surface area contributed by atoms with Gasteiger partial charge in [-0.25, -0.2) is 4.39 Å². The highest BCUT2D eigenvalue weighted by Crippen LogP contribution is 2.41. The zero-order valence-corrected chi connectivity index (χ0v) is 12.1. The Morgan fingerprint density at radius 2 is 2.00 bits per heavy atom. The van der Waals surface area contributed by atoms with Gasteiger partial charge in [0, 0.05) is 14.5 Å². The lowest BCUT2D eigenvalue weighted by Crippen LogP contribution is -1.85. The molecule has 0 aliphatic rings. The lowest BCUT2D eigenvalue weighted by molar-refractivity contribution is 0.630. The van der Waals surface area contributed by atoms with Gasteiger partial charge in [-0.15, -0.1) is 34.3 Å². The minimum absolute atomic E-state index is 0.226. The average molecular weight is 317 g/mol. The molecule has 2 aromatic heterocycles. The molecule has 0 N–H and O–H groups in total. The van der Waals surface area contributed by atoms with Gasteiger partial charge >= 0.3 is 0 Å². The third kappa shape index (κ3) is 2.16. The van der Waals surface area contributed by atoms with Gasteiger partial charge in [0.1, 0.15) is 11.2 Å². The molecule has 1 aromatic carbocycles. The summed E-state index contributed by atoms with van der Waals surface area (Å²) in [6.07, 6.45) is 0. The zero-order valence-electron chi connectivity index (χ0n) is 8.99. The van der Waals surface area contributed by atoms with Crippen molar-refractivity contribution in [3.63, 3.8) is 0 Å². The second-order valence-electron chi connectivity index (χ2n) is 3.83. The summed E-state index contributed by atoms with van der Waals surface area (Å²) in [7, 11) is 0. The summed E-state index contributed by atoms with van der Waals surface area (Å²) in [4.78, 5) is 1.92. The maximum Gasteiger partial charge on any atom is 0.124 e. The number of benzene rings is 1. The summed E-state index contributed by atoms with van der Waals surface area (Å²) in [5, 5.41) is 3.34. The van der Waals surface area contributed by atoms with Crippen LogP contribution in [0.4, 0.5) is 4.39 Å². The number of alkyl halides is 1. The number of rotatable bonds is 2. The van der Waals surface area contributed by atoms with E-state index in [0.29, 0.717) is 5.02 Å². The van der Waals surface area contributed by atoms with Crippen molar-refractivity contribution in [2.45, 2.75) is 5.38 Å². The van der Waals surface area contributed by atoms with Gasteiger partial charge in [-0.05, 0) is 35.0 Å². The maximum atomic E-state index is 13.1. The van der Waals surface area contributed by atoms with E-state index in [1.54, 1.807) is 6.07 Å². The number of hydrogen-bond donors (Lipinski definition) is 0. The maximum absolute atomic E-state index is 13.1. The van der Waals surface area contributed by atoms with Crippen LogP contribution >= 0.6 is 45.9 Å². The molecule has 0 fully saturated rings. The molecular formula is C13H7Cl2FS2. The summed E-state index contributed by atoms with van der Waals surface area (Å²) in [6.45, 7) is 0. The number of halogens is 3. The predicted octanol–water partition coefficient (Wildman–Crippen LogP) is 6.08. The third-order valence-electron chi connectivity index (χ3n) is 2.63. The van der Waals surface area contributed by atoms with Gasteiger partial charge < -0.3 is 0 Å². The Bertz CT molecular complexity index is 702. The van der Waals surface area contributed by atoms with Crippen LogP contribution in [-0.4, -0.2) is 0 Å². The highest BCUT2D eigenvalue weighted by Gasteiger charge is 2.18. The fourth-order valence-corrected chi connectivity index (χ4v) is 4.60. The first-order valence-corrected chi connectivity index (χ1v) is 7.72. The second-order valence-corrected chi connectivity index (χ2v) is 6.73. The van der Waals surface area contributed by atoms with Crippen molar-refractivity contribution in [2.75, 3.05) is 0 Å². The largest absolute Gasteiger partial charge is 0.207 e. The van der Waals surface area contributed by atoms with Crippen LogP contribution in [0.3, 0.4) is 0 Å². The topological polar surface area (TPSA) is 0 Å². The quantitative estimate of drug-likeness (QED) is 0.502. The van der Waals surface area contributed by atoms with Crippen LogP contribution in [0.15, 0.2) is 35.7 Å². The molecule has 0 amide bonds. The van der Waals surface area contributed by atoms with Crippen LogP contribution in [0.2, 0.25) is 5.02 Å². The van der Waals surface area contributed by atoms with Crippen molar-refractivity contribution >= 4 is 56.0 Å². The summed E-state index contributed by atoms with van der Waals surface area (Å²) in [5.74, 6) is -0.226. The van der Waals surface area contributed by atoms with Crippen molar-refractivity contribution in [1.29, 1.82) is 0 Å². The van der Waals surface area contributed by atoms with Gasteiger partial charge in [-0.3, -0.25) is 0 Å². The molecule has 3 rings (SSSR count). The molecule has 18 heavy (non-hydrogen) atoms. The van der Waals surface area contributed by atoms with E-state index >= 15 is 0 Å². The fraction of sp³-hybridized carbons (Fsp3) is 0.0769. The lowest BCUT2D eigenvalue weighted by atomic mass is 10.2. The van der Waals surface area contributed by atoms with E-state index in [9.17, 15) is 4.39 Å². The van der Waals surface area contributed by atoms with Crippen molar-refractivity contribution in [3.8, 4) is 0 Å². The van der Waals surface area contributed by atoms with E-state index in [-0.39, 0.29) is 11.2 Å². The van der Waals surface area contributed by atoms with Crippen LogP contribution in [0, 0.1) is 5.82 Å². The first-order valence-electron chi connectivity index (χ1n) is 5.21. The zero-order chi connectivity index (χ0) is 12.7. The third-order valence-corrected chi connectivity index (χ3v) is 5.92. The average Bonchev–Trinajstić information content (AvgIpc) is 2.93. The van der Waals surface area contributed by atoms with Gasteiger partial charge in [0.05, 0.1) is 5.02 Å². The lowest BCUT2D eigenvalue weighted by Gasteiger charge is -2.04. The van der Waals surface area contributed by atoms with E-state index in [0.717, 1.165) is 19.8 Å². The molecule has 0 aliphatic heterocycles. The Hall–Kier alpha value is -0.610. The van der Waals surface area contributed by atoms with Gasteiger partial charge in [0.2, 0.25) is 0 Å². The van der Waals surface area contributed by atoms with E-state index in [1.807, 2.05) is 17.5 Å².